The second kappa shape index (κ2) is 5.53. The van der Waals surface area contributed by atoms with Crippen molar-refractivity contribution in [3.63, 3.8) is 0 Å². The van der Waals surface area contributed by atoms with E-state index in [0.29, 0.717) is 6.54 Å². The first-order valence-corrected chi connectivity index (χ1v) is 10.8. The third-order valence-corrected chi connectivity index (χ3v) is 7.27. The molecule has 1 aliphatic heterocycles. The molecule has 1 heterocycles. The maximum absolute atomic E-state index is 12.0. The third kappa shape index (κ3) is 4.08. The molecular formula is C11H23IN2O2. The van der Waals surface area contributed by atoms with Gasteiger partial charge in [0, 0.05) is 0 Å². The molecule has 1 rings (SSSR count). The van der Waals surface area contributed by atoms with Gasteiger partial charge in [-0.2, -0.15) is 0 Å². The molecule has 0 aromatic rings. The second-order valence-corrected chi connectivity index (χ2v) is 11.2. The number of alkyl halides is 3. The number of carbonyl (C=O) groups excluding carboxylic acids is 1. The number of hydrogen-bond acceptors (Lipinski definition) is 3. The molecule has 0 saturated carbocycles. The summed E-state index contributed by atoms with van der Waals surface area (Å²) in [4.78, 5) is 16.1. The molecule has 1 amide bonds. The van der Waals surface area contributed by atoms with Gasteiger partial charge in [0.05, 0.1) is 0 Å². The van der Waals surface area contributed by atoms with Gasteiger partial charge in [0.15, 0.2) is 0 Å². The monoisotopic (exact) mass is 342 g/mol. The van der Waals surface area contributed by atoms with Crippen LogP contribution in [0.15, 0.2) is 0 Å². The molecule has 96 valence electrons. The zero-order chi connectivity index (χ0) is 12.3. The van der Waals surface area contributed by atoms with Crippen molar-refractivity contribution in [2.75, 3.05) is 26.9 Å². The summed E-state index contributed by atoms with van der Waals surface area (Å²) in [7, 11) is 0. The summed E-state index contributed by atoms with van der Waals surface area (Å²) < 4.78 is 7.73. The van der Waals surface area contributed by atoms with Gasteiger partial charge in [0.1, 0.15) is 0 Å². The molecule has 0 spiro atoms. The quantitative estimate of drug-likeness (QED) is 0.583. The number of amides is 1. The van der Waals surface area contributed by atoms with Crippen molar-refractivity contribution in [3.8, 4) is 0 Å². The van der Waals surface area contributed by atoms with Gasteiger partial charge in [-0.05, 0) is 0 Å². The third-order valence-electron chi connectivity index (χ3n) is 2.43. The SMILES string of the molecule is CI1CCN(C(=O)OC(C)(C)C)[C@@H](CN)C1. The summed E-state index contributed by atoms with van der Waals surface area (Å²) in [5.41, 5.74) is 5.31. The average Bonchev–Trinajstić information content (AvgIpc) is 2.14. The fraction of sp³-hybridized carbons (Fsp3) is 0.909. The van der Waals surface area contributed by atoms with E-state index in [9.17, 15) is 4.79 Å². The van der Waals surface area contributed by atoms with E-state index in [4.69, 9.17) is 10.5 Å². The van der Waals surface area contributed by atoms with Crippen LogP contribution in [-0.2, 0) is 4.74 Å². The first-order chi connectivity index (χ1) is 7.33. The standard InChI is InChI=1S/C11H23IN2O2/c1-11(2,3)16-10(15)14-6-5-12(4)7-9(14)8-13/h9H,5-8,13H2,1-4H3/t9-/m1/s1. The van der Waals surface area contributed by atoms with E-state index in [1.54, 1.807) is 0 Å². The predicted octanol–water partition coefficient (Wildman–Crippen LogP) is 1.70. The first kappa shape index (κ1) is 14.0. The number of halogens is 1. The van der Waals surface area contributed by atoms with Crippen molar-refractivity contribution in [2.45, 2.75) is 32.4 Å². The van der Waals surface area contributed by atoms with Crippen LogP contribution in [0.1, 0.15) is 20.8 Å². The van der Waals surface area contributed by atoms with Crippen LogP contribution in [0.3, 0.4) is 0 Å². The Morgan fingerprint density at radius 1 is 1.56 bits per heavy atom. The van der Waals surface area contributed by atoms with E-state index < -0.39 is 25.4 Å². The molecule has 2 N–H and O–H groups in total. The van der Waals surface area contributed by atoms with Crippen LogP contribution < -0.4 is 5.73 Å². The summed E-state index contributed by atoms with van der Waals surface area (Å²) in [6, 6.07) is 0.207. The van der Waals surface area contributed by atoms with Crippen LogP contribution in [0.25, 0.3) is 0 Å². The molecule has 0 aliphatic carbocycles. The van der Waals surface area contributed by atoms with Gasteiger partial charge in [0.2, 0.25) is 0 Å². The number of nitrogens with zero attached hydrogens (tertiary/aromatic N) is 1. The molecule has 5 heteroatoms. The average molecular weight is 342 g/mol. The van der Waals surface area contributed by atoms with Crippen LogP contribution in [0, 0.1) is 0 Å². The molecule has 0 aromatic heterocycles. The molecule has 1 saturated heterocycles. The van der Waals surface area contributed by atoms with Crippen LogP contribution in [0.5, 0.6) is 0 Å². The van der Waals surface area contributed by atoms with Crippen molar-refractivity contribution in [1.82, 2.24) is 4.90 Å². The molecule has 0 radical (unpaired) electrons. The topological polar surface area (TPSA) is 55.6 Å². The van der Waals surface area contributed by atoms with E-state index in [1.807, 2.05) is 25.7 Å². The number of hydrogen-bond donors (Lipinski definition) is 1. The molecular weight excluding hydrogens is 319 g/mol. The van der Waals surface area contributed by atoms with Gasteiger partial charge < -0.3 is 0 Å². The molecule has 16 heavy (non-hydrogen) atoms. The molecule has 0 aromatic carbocycles. The van der Waals surface area contributed by atoms with Gasteiger partial charge in [-0.3, -0.25) is 0 Å². The number of rotatable bonds is 1. The van der Waals surface area contributed by atoms with Crippen molar-refractivity contribution in [2.24, 2.45) is 5.73 Å². The van der Waals surface area contributed by atoms with E-state index in [1.165, 1.54) is 4.43 Å². The number of ether oxygens (including phenoxy) is 1. The molecule has 1 aliphatic rings. The molecule has 4 nitrogen and oxygen atoms in total. The summed E-state index contributed by atoms with van der Waals surface area (Å²) in [5.74, 6) is 0. The zero-order valence-corrected chi connectivity index (χ0v) is 12.8. The van der Waals surface area contributed by atoms with Crippen LogP contribution in [0.4, 0.5) is 4.79 Å². The van der Waals surface area contributed by atoms with Gasteiger partial charge in [-0.25, -0.2) is 0 Å². The van der Waals surface area contributed by atoms with Crippen LogP contribution in [-0.4, -0.2) is 49.5 Å². The fourth-order valence-corrected chi connectivity index (χ4v) is 5.99. The molecule has 1 atom stereocenters. The van der Waals surface area contributed by atoms with Crippen LogP contribution >= 0.6 is 19.8 Å². The number of carbonyl (C=O) groups is 1. The van der Waals surface area contributed by atoms with Crippen molar-refractivity contribution in [1.29, 1.82) is 0 Å². The van der Waals surface area contributed by atoms with E-state index in [0.717, 1.165) is 11.0 Å². The van der Waals surface area contributed by atoms with Gasteiger partial charge in [0.25, 0.3) is 0 Å². The normalized spacial score (nSPS) is 24.4. The predicted molar refractivity (Wildman–Crippen MR) is 75.5 cm³/mol. The fourth-order valence-electron chi connectivity index (χ4n) is 1.63. The Hall–Kier alpha value is -0.0400. The van der Waals surface area contributed by atoms with Crippen molar-refractivity contribution in [3.05, 3.63) is 0 Å². The minimum atomic E-state index is -0.796. The van der Waals surface area contributed by atoms with Gasteiger partial charge in [-0.1, -0.05) is 0 Å². The maximum atomic E-state index is 12.0. The first-order valence-electron chi connectivity index (χ1n) is 5.55. The summed E-state index contributed by atoms with van der Waals surface area (Å²) >= 11 is -0.796. The van der Waals surface area contributed by atoms with Crippen molar-refractivity contribution >= 4 is 25.9 Å². The molecule has 0 bridgehead atoms. The Morgan fingerprint density at radius 2 is 2.19 bits per heavy atom. The number of nitrogens with two attached hydrogens (primary N) is 1. The summed E-state index contributed by atoms with van der Waals surface area (Å²) in [5, 5.41) is 0. The van der Waals surface area contributed by atoms with Crippen LogP contribution in [0.2, 0.25) is 0 Å². The Kier molecular flexibility index (Phi) is 4.85. The van der Waals surface area contributed by atoms with E-state index >= 15 is 0 Å². The van der Waals surface area contributed by atoms with E-state index in [-0.39, 0.29) is 12.1 Å². The minimum absolute atomic E-state index is 0.202. The summed E-state index contributed by atoms with van der Waals surface area (Å²) in [6.07, 6.45) is -0.202. The molecule has 0 unspecified atom stereocenters. The Balaban J connectivity index is 2.60. The van der Waals surface area contributed by atoms with Crippen molar-refractivity contribution < 1.29 is 9.53 Å². The summed E-state index contributed by atoms with van der Waals surface area (Å²) in [6.45, 7) is 7.07. The Bertz CT molecular complexity index is 253. The second-order valence-electron chi connectivity index (χ2n) is 5.13. The van der Waals surface area contributed by atoms with Gasteiger partial charge >= 0.3 is 105 Å². The van der Waals surface area contributed by atoms with E-state index in [2.05, 4.69) is 4.93 Å². The Labute approximate surface area is 105 Å². The molecule has 1 fully saturated rings. The Morgan fingerprint density at radius 3 is 2.69 bits per heavy atom. The van der Waals surface area contributed by atoms with Gasteiger partial charge in [-0.15, -0.1) is 0 Å². The zero-order valence-electron chi connectivity index (χ0n) is 10.6.